The third-order valence-corrected chi connectivity index (χ3v) is 3.38. The van der Waals surface area contributed by atoms with E-state index in [2.05, 4.69) is 5.10 Å². The van der Waals surface area contributed by atoms with Gasteiger partial charge in [0.05, 0.1) is 12.1 Å². The van der Waals surface area contributed by atoms with Crippen LogP contribution in [0.4, 0.5) is 5.82 Å². The molecule has 1 aliphatic rings. The van der Waals surface area contributed by atoms with Gasteiger partial charge in [-0.25, -0.2) is 0 Å². The Morgan fingerprint density at radius 2 is 2.20 bits per heavy atom. The van der Waals surface area contributed by atoms with Gasteiger partial charge >= 0.3 is 0 Å². The van der Waals surface area contributed by atoms with E-state index in [0.717, 1.165) is 24.9 Å². The second-order valence-corrected chi connectivity index (χ2v) is 4.49. The van der Waals surface area contributed by atoms with E-state index in [9.17, 15) is 0 Å². The highest BCUT2D eigenvalue weighted by molar-refractivity contribution is 5.35. The van der Waals surface area contributed by atoms with Crippen LogP contribution in [0.1, 0.15) is 31.2 Å². The van der Waals surface area contributed by atoms with Crippen molar-refractivity contribution >= 4 is 5.82 Å². The number of ether oxygens (including phenoxy) is 1. The summed E-state index contributed by atoms with van der Waals surface area (Å²) in [6.07, 6.45) is 6.76. The van der Waals surface area contributed by atoms with Crippen LogP contribution in [0.15, 0.2) is 6.20 Å². The summed E-state index contributed by atoms with van der Waals surface area (Å²) in [5.41, 5.74) is 6.76. The first-order valence-electron chi connectivity index (χ1n) is 5.50. The van der Waals surface area contributed by atoms with Crippen molar-refractivity contribution < 1.29 is 4.74 Å². The lowest BCUT2D eigenvalue weighted by molar-refractivity contribution is -0.0207. The standard InChI is InChI=1S/C11H19N3O/c1-9-7-14(13-10(9)12)8-11(15-2)5-3-4-6-11/h7H,3-6,8H2,1-2H3,(H2,12,13). The van der Waals surface area contributed by atoms with Crippen molar-refractivity contribution in [3.05, 3.63) is 11.8 Å². The topological polar surface area (TPSA) is 53.1 Å². The van der Waals surface area contributed by atoms with Crippen LogP contribution in [0.25, 0.3) is 0 Å². The molecular formula is C11H19N3O. The highest BCUT2D eigenvalue weighted by Gasteiger charge is 2.34. The largest absolute Gasteiger partial charge is 0.382 e. The van der Waals surface area contributed by atoms with Crippen molar-refractivity contribution in [1.29, 1.82) is 0 Å². The van der Waals surface area contributed by atoms with E-state index in [0.29, 0.717) is 5.82 Å². The Hall–Kier alpha value is -1.03. The van der Waals surface area contributed by atoms with Gasteiger partial charge in [-0.3, -0.25) is 4.68 Å². The van der Waals surface area contributed by atoms with Crippen molar-refractivity contribution in [2.45, 2.75) is 44.8 Å². The Morgan fingerprint density at radius 1 is 1.53 bits per heavy atom. The molecule has 0 unspecified atom stereocenters. The molecule has 1 saturated carbocycles. The van der Waals surface area contributed by atoms with E-state index in [1.54, 1.807) is 7.11 Å². The number of nitrogens with zero attached hydrogens (tertiary/aromatic N) is 2. The molecule has 4 heteroatoms. The van der Waals surface area contributed by atoms with Crippen molar-refractivity contribution in [3.63, 3.8) is 0 Å². The smallest absolute Gasteiger partial charge is 0.148 e. The summed E-state index contributed by atoms with van der Waals surface area (Å²) in [6, 6.07) is 0. The van der Waals surface area contributed by atoms with Gasteiger partial charge in [-0.1, -0.05) is 12.8 Å². The fourth-order valence-corrected chi connectivity index (χ4v) is 2.36. The van der Waals surface area contributed by atoms with Gasteiger partial charge < -0.3 is 10.5 Å². The minimum atomic E-state index is -0.00903. The molecule has 1 aromatic rings. The van der Waals surface area contributed by atoms with Crippen LogP contribution in [0.5, 0.6) is 0 Å². The summed E-state index contributed by atoms with van der Waals surface area (Å²) in [5.74, 6) is 0.624. The third kappa shape index (κ3) is 2.00. The molecule has 2 rings (SSSR count). The third-order valence-electron chi connectivity index (χ3n) is 3.38. The lowest BCUT2D eigenvalue weighted by Gasteiger charge is -2.27. The first kappa shape index (κ1) is 10.5. The van der Waals surface area contributed by atoms with Gasteiger partial charge in [-0.2, -0.15) is 5.10 Å². The zero-order valence-corrected chi connectivity index (χ0v) is 9.49. The zero-order chi connectivity index (χ0) is 10.9. The summed E-state index contributed by atoms with van der Waals surface area (Å²) in [6.45, 7) is 2.80. The Bertz CT molecular complexity index is 320. The SMILES string of the molecule is COC1(Cn2cc(C)c(N)n2)CCCC1. The average Bonchev–Trinajstić information content (AvgIpc) is 2.77. The van der Waals surface area contributed by atoms with Crippen molar-refractivity contribution in [2.75, 3.05) is 12.8 Å². The fourth-order valence-electron chi connectivity index (χ4n) is 2.36. The molecule has 0 atom stereocenters. The molecule has 0 spiro atoms. The molecule has 0 amide bonds. The van der Waals surface area contributed by atoms with Crippen LogP contribution in [-0.4, -0.2) is 22.5 Å². The maximum Gasteiger partial charge on any atom is 0.148 e. The number of rotatable bonds is 3. The number of nitrogens with two attached hydrogens (primary N) is 1. The van der Waals surface area contributed by atoms with Crippen LogP contribution < -0.4 is 5.73 Å². The Kier molecular flexibility index (Phi) is 2.69. The molecule has 0 radical (unpaired) electrons. The molecule has 0 aromatic carbocycles. The predicted molar refractivity (Wildman–Crippen MR) is 59.6 cm³/mol. The number of methoxy groups -OCH3 is 1. The molecule has 4 nitrogen and oxygen atoms in total. The highest BCUT2D eigenvalue weighted by atomic mass is 16.5. The molecule has 0 saturated heterocycles. The molecule has 2 N–H and O–H groups in total. The van der Waals surface area contributed by atoms with E-state index in [-0.39, 0.29) is 5.60 Å². The maximum atomic E-state index is 5.73. The molecule has 1 aromatic heterocycles. The van der Waals surface area contributed by atoms with Crippen molar-refractivity contribution in [2.24, 2.45) is 0 Å². The number of aromatic nitrogens is 2. The first-order valence-corrected chi connectivity index (χ1v) is 5.50. The molecule has 1 fully saturated rings. The number of hydrogen-bond acceptors (Lipinski definition) is 3. The maximum absolute atomic E-state index is 5.73. The minimum absolute atomic E-state index is 0.00903. The quantitative estimate of drug-likeness (QED) is 0.824. The lowest BCUT2D eigenvalue weighted by Crippen LogP contribution is -2.33. The summed E-state index contributed by atoms with van der Waals surface area (Å²) in [7, 11) is 1.80. The van der Waals surface area contributed by atoms with Crippen LogP contribution in [0.3, 0.4) is 0 Å². The van der Waals surface area contributed by atoms with E-state index in [4.69, 9.17) is 10.5 Å². The van der Waals surface area contributed by atoms with Crippen LogP contribution >= 0.6 is 0 Å². The monoisotopic (exact) mass is 209 g/mol. The van der Waals surface area contributed by atoms with Crippen LogP contribution in [0.2, 0.25) is 0 Å². The minimum Gasteiger partial charge on any atom is -0.382 e. The Labute approximate surface area is 90.4 Å². The van der Waals surface area contributed by atoms with Gasteiger partial charge in [-0.05, 0) is 19.8 Å². The molecule has 84 valence electrons. The normalized spacial score (nSPS) is 19.6. The van der Waals surface area contributed by atoms with E-state index < -0.39 is 0 Å². The average molecular weight is 209 g/mol. The van der Waals surface area contributed by atoms with Crippen LogP contribution in [0, 0.1) is 6.92 Å². The predicted octanol–water partition coefficient (Wildman–Crippen LogP) is 1.73. The number of nitrogen functional groups attached to an aromatic ring is 1. The second kappa shape index (κ2) is 3.85. The molecule has 1 aliphatic carbocycles. The van der Waals surface area contributed by atoms with E-state index in [1.807, 2.05) is 17.8 Å². The molecule has 0 aliphatic heterocycles. The summed E-state index contributed by atoms with van der Waals surface area (Å²) >= 11 is 0. The number of anilines is 1. The molecule has 15 heavy (non-hydrogen) atoms. The summed E-state index contributed by atoms with van der Waals surface area (Å²) in [4.78, 5) is 0. The Balaban J connectivity index is 2.12. The van der Waals surface area contributed by atoms with Gasteiger partial charge in [0.25, 0.3) is 0 Å². The highest BCUT2D eigenvalue weighted by Crippen LogP contribution is 2.34. The van der Waals surface area contributed by atoms with Gasteiger partial charge in [0.15, 0.2) is 0 Å². The zero-order valence-electron chi connectivity index (χ0n) is 9.49. The van der Waals surface area contributed by atoms with Gasteiger partial charge in [-0.15, -0.1) is 0 Å². The van der Waals surface area contributed by atoms with Crippen molar-refractivity contribution in [1.82, 2.24) is 9.78 Å². The molecular weight excluding hydrogens is 190 g/mol. The molecule has 1 heterocycles. The number of hydrogen-bond donors (Lipinski definition) is 1. The summed E-state index contributed by atoms with van der Waals surface area (Å²) in [5, 5.41) is 4.28. The van der Waals surface area contributed by atoms with Gasteiger partial charge in [0, 0.05) is 18.9 Å². The molecule has 0 bridgehead atoms. The second-order valence-electron chi connectivity index (χ2n) is 4.49. The first-order chi connectivity index (χ1) is 7.15. The van der Waals surface area contributed by atoms with Gasteiger partial charge in [0.1, 0.15) is 5.82 Å². The van der Waals surface area contributed by atoms with E-state index in [1.165, 1.54) is 12.8 Å². The lowest BCUT2D eigenvalue weighted by atomic mass is 10.0. The van der Waals surface area contributed by atoms with Crippen molar-refractivity contribution in [3.8, 4) is 0 Å². The number of aryl methyl sites for hydroxylation is 1. The van der Waals surface area contributed by atoms with Crippen LogP contribution in [-0.2, 0) is 11.3 Å². The summed E-state index contributed by atoms with van der Waals surface area (Å²) < 4.78 is 7.57. The Morgan fingerprint density at radius 3 is 2.67 bits per heavy atom. The van der Waals surface area contributed by atoms with E-state index >= 15 is 0 Å². The van der Waals surface area contributed by atoms with Gasteiger partial charge in [0.2, 0.25) is 0 Å². The fraction of sp³-hybridized carbons (Fsp3) is 0.727.